The van der Waals surface area contributed by atoms with E-state index in [-0.39, 0.29) is 0 Å². The van der Waals surface area contributed by atoms with Gasteiger partial charge in [0, 0.05) is 0 Å². The number of halogens is 1. The molecule has 6 heteroatoms. The summed E-state index contributed by atoms with van der Waals surface area (Å²) in [5, 5.41) is 6.99. The summed E-state index contributed by atoms with van der Waals surface area (Å²) >= 11 is -6.01. The van der Waals surface area contributed by atoms with Crippen LogP contribution in [0.1, 0.15) is 0 Å². The molecule has 0 bridgehead atoms. The molecule has 0 atom stereocenters. The summed E-state index contributed by atoms with van der Waals surface area (Å²) in [4.78, 5) is 0. The van der Waals surface area contributed by atoms with Crippen LogP contribution in [-0.2, 0) is 9.46 Å². The van der Waals surface area contributed by atoms with E-state index in [9.17, 15) is 2.89 Å². The molecule has 4 nitrogen and oxygen atoms in total. The second kappa shape index (κ2) is 1.80. The molecule has 0 fully saturated rings. The Bertz CT molecular complexity index is 110. The van der Waals surface area contributed by atoms with Crippen LogP contribution in [-0.4, -0.2) is 24.4 Å². The Morgan fingerprint density at radius 2 is 1.83 bits per heavy atom. The van der Waals surface area contributed by atoms with E-state index in [0.717, 1.165) is 0 Å². The van der Waals surface area contributed by atoms with Gasteiger partial charge in [-0.3, -0.25) is 0 Å². The molecule has 38 valence electrons. The van der Waals surface area contributed by atoms with E-state index in [1.165, 1.54) is 0 Å². The summed E-state index contributed by atoms with van der Waals surface area (Å²) in [6, 6.07) is 0. The predicted molar refractivity (Wildman–Crippen MR) is 11.9 cm³/mol. The predicted octanol–water partition coefficient (Wildman–Crippen LogP) is -0.258. The van der Waals surface area contributed by atoms with Crippen molar-refractivity contribution in [3.05, 3.63) is 0 Å². The Morgan fingerprint density at radius 1 is 1.67 bits per heavy atom. The number of rotatable bonds is 1. The van der Waals surface area contributed by atoms with Crippen molar-refractivity contribution in [2.75, 3.05) is 0 Å². The van der Waals surface area contributed by atoms with E-state index in [2.05, 4.69) is 3.25 Å². The molecule has 0 aliphatic heterocycles. The van der Waals surface area contributed by atoms with Crippen LogP contribution in [0.3, 0.4) is 0 Å². The molecule has 0 aromatic rings. The summed E-state index contributed by atoms with van der Waals surface area (Å²) in [7, 11) is 0. The Kier molecular flexibility index (Phi) is 1.87. The molecule has 6 heavy (non-hydrogen) atoms. The summed E-state index contributed by atoms with van der Waals surface area (Å²) in [5.41, 5.74) is 0. The van der Waals surface area contributed by atoms with E-state index in [0.29, 0.717) is 0 Å². The fraction of sp³-hybridized carbons (Fsp3) is 0. The zero-order valence-electron chi connectivity index (χ0n) is 2.46. The standard InChI is InChI=1S/FHO4Te/c1-6(3,4)5-2/h2H. The van der Waals surface area contributed by atoms with Crippen LogP contribution in [0.5, 0.6) is 0 Å². The Hall–Kier alpha value is 0.240. The molecule has 0 unspecified atom stereocenters. The molecule has 0 saturated heterocycles. The molecular formula is HFO4Te. The van der Waals surface area contributed by atoms with Crippen LogP contribution in [0.4, 0.5) is 2.89 Å². The van der Waals surface area contributed by atoms with E-state index in [1.807, 2.05) is 0 Å². The monoisotopic (exact) mass is 214 g/mol. The fourth-order valence-electron chi connectivity index (χ4n) is 0. The van der Waals surface area contributed by atoms with Gasteiger partial charge in [-0.2, -0.15) is 0 Å². The van der Waals surface area contributed by atoms with Gasteiger partial charge in [-0.25, -0.2) is 0 Å². The van der Waals surface area contributed by atoms with Gasteiger partial charge >= 0.3 is 36.7 Å². The van der Waals surface area contributed by atoms with Crippen LogP contribution >= 0.6 is 0 Å². The normalized spacial score (nSPS) is 11.7. The van der Waals surface area contributed by atoms with Gasteiger partial charge in [0.1, 0.15) is 0 Å². The topological polar surface area (TPSA) is 63.6 Å². The second-order valence-electron chi connectivity index (χ2n) is 0.468. The van der Waals surface area contributed by atoms with Crippen LogP contribution in [0, 0.1) is 0 Å². The molecule has 0 radical (unpaired) electrons. The number of hydrogen-bond acceptors (Lipinski definition) is 4. The molecule has 0 heterocycles. The first-order chi connectivity index (χ1) is 2.56. The molecule has 0 aromatic heterocycles. The fourth-order valence-corrected chi connectivity index (χ4v) is 0. The first kappa shape index (κ1) is 6.24. The average Bonchev–Trinajstić information content (AvgIpc) is 1.35. The first-order valence-electron chi connectivity index (χ1n) is 0.837. The molecule has 0 aliphatic rings. The average molecular weight is 212 g/mol. The van der Waals surface area contributed by atoms with Crippen molar-refractivity contribution in [1.29, 1.82) is 0 Å². The third-order valence-corrected chi connectivity index (χ3v) is 0.597. The molecule has 0 aliphatic carbocycles. The van der Waals surface area contributed by atoms with Gasteiger partial charge in [0.15, 0.2) is 0 Å². The van der Waals surface area contributed by atoms with Crippen molar-refractivity contribution in [2.24, 2.45) is 0 Å². The van der Waals surface area contributed by atoms with Crippen molar-refractivity contribution in [3.63, 3.8) is 0 Å². The van der Waals surface area contributed by atoms with Gasteiger partial charge < -0.3 is 0 Å². The molecule has 0 spiro atoms. The zero-order chi connectivity index (χ0) is 5.21. The minimum absolute atomic E-state index is 2.35. The van der Waals surface area contributed by atoms with Crippen LogP contribution < -0.4 is 0 Å². The van der Waals surface area contributed by atoms with Crippen molar-refractivity contribution >= 4 is 19.1 Å². The van der Waals surface area contributed by atoms with Gasteiger partial charge in [0.25, 0.3) is 0 Å². The van der Waals surface area contributed by atoms with E-state index < -0.39 is 19.1 Å². The van der Waals surface area contributed by atoms with Gasteiger partial charge in [-0.15, -0.1) is 0 Å². The summed E-state index contributed by atoms with van der Waals surface area (Å²) < 4.78 is 31.0. The van der Waals surface area contributed by atoms with E-state index in [1.54, 1.807) is 0 Å². The van der Waals surface area contributed by atoms with E-state index in [4.69, 9.17) is 11.5 Å². The Morgan fingerprint density at radius 3 is 1.83 bits per heavy atom. The third kappa shape index (κ3) is 4.24. The van der Waals surface area contributed by atoms with Crippen molar-refractivity contribution in [1.82, 2.24) is 0 Å². The maximum atomic E-state index is 10.7. The van der Waals surface area contributed by atoms with Gasteiger partial charge in [0.2, 0.25) is 0 Å². The molecule has 0 aromatic carbocycles. The van der Waals surface area contributed by atoms with Gasteiger partial charge in [0.05, 0.1) is 0 Å². The van der Waals surface area contributed by atoms with Crippen molar-refractivity contribution in [3.8, 4) is 0 Å². The SMILES string of the molecule is O=[Te](=O)(F)OO. The Labute approximate surface area is 37.3 Å². The van der Waals surface area contributed by atoms with Crippen molar-refractivity contribution in [2.45, 2.75) is 0 Å². The summed E-state index contributed by atoms with van der Waals surface area (Å²) in [6.07, 6.45) is 0. The second-order valence-corrected chi connectivity index (χ2v) is 3.14. The van der Waals surface area contributed by atoms with Gasteiger partial charge in [-0.1, -0.05) is 0 Å². The summed E-state index contributed by atoms with van der Waals surface area (Å²) in [5.74, 6) is 0. The summed E-state index contributed by atoms with van der Waals surface area (Å²) in [6.45, 7) is 0. The quantitative estimate of drug-likeness (QED) is 0.369. The number of hydrogen-bond donors (Lipinski definition) is 1. The molecule has 0 amide bonds. The van der Waals surface area contributed by atoms with E-state index >= 15 is 0 Å². The Balaban J connectivity index is 3.85. The van der Waals surface area contributed by atoms with Crippen molar-refractivity contribution < 1.29 is 17.6 Å². The molecule has 0 saturated carbocycles. The molecule has 0 rings (SSSR count). The zero-order valence-corrected chi connectivity index (χ0v) is 4.79. The van der Waals surface area contributed by atoms with Crippen LogP contribution in [0.2, 0.25) is 0 Å². The van der Waals surface area contributed by atoms with Crippen LogP contribution in [0.15, 0.2) is 0 Å². The van der Waals surface area contributed by atoms with Gasteiger partial charge in [-0.05, 0) is 0 Å². The molecule has 1 N–H and O–H groups in total. The third-order valence-electron chi connectivity index (χ3n) is 0.0890. The first-order valence-corrected chi connectivity index (χ1v) is 4.57. The maximum absolute atomic E-state index is 10.7. The van der Waals surface area contributed by atoms with Crippen LogP contribution in [0.25, 0.3) is 0 Å². The minimum atomic E-state index is -6.01. The molecular weight excluding hydrogens is 211 g/mol.